The van der Waals surface area contributed by atoms with Gasteiger partial charge in [-0.25, -0.2) is 8.42 Å². The highest BCUT2D eigenvalue weighted by atomic mass is 32.2. The first-order valence-corrected chi connectivity index (χ1v) is 7.32. The molecule has 1 unspecified atom stereocenters. The zero-order chi connectivity index (χ0) is 14.8. The van der Waals surface area contributed by atoms with Crippen LogP contribution in [-0.2, 0) is 14.8 Å². The second-order valence-electron chi connectivity index (χ2n) is 4.31. The van der Waals surface area contributed by atoms with E-state index in [0.717, 1.165) is 4.31 Å². The molecular weight excluding hydrogens is 272 g/mol. The smallest absolute Gasteiger partial charge is 0.304 e. The molecule has 0 amide bonds. The van der Waals surface area contributed by atoms with E-state index in [-0.39, 0.29) is 29.3 Å². The molecule has 0 saturated heterocycles. The Bertz CT molecular complexity index is 544. The third-order valence-electron chi connectivity index (χ3n) is 2.81. The number of nitrogens with zero attached hydrogens (tertiary/aromatic N) is 2. The van der Waals surface area contributed by atoms with E-state index < -0.39 is 22.0 Å². The molecule has 1 heterocycles. The van der Waals surface area contributed by atoms with Crippen LogP contribution in [-0.4, -0.2) is 41.5 Å². The van der Waals surface area contributed by atoms with E-state index in [1.54, 1.807) is 20.8 Å². The van der Waals surface area contributed by atoms with Gasteiger partial charge in [-0.3, -0.25) is 4.79 Å². The molecule has 0 bridgehead atoms. The minimum Gasteiger partial charge on any atom is -0.481 e. The van der Waals surface area contributed by atoms with Crippen molar-refractivity contribution in [1.29, 1.82) is 0 Å². The molecule has 1 N–H and O–H groups in total. The quantitative estimate of drug-likeness (QED) is 0.843. The maximum atomic E-state index is 12.5. The summed E-state index contributed by atoms with van der Waals surface area (Å²) in [5, 5.41) is 12.4. The van der Waals surface area contributed by atoms with Gasteiger partial charge in [0, 0.05) is 12.6 Å². The summed E-state index contributed by atoms with van der Waals surface area (Å²) in [6, 6.07) is -0.638. The van der Waals surface area contributed by atoms with Crippen molar-refractivity contribution in [2.75, 3.05) is 6.54 Å². The first-order chi connectivity index (χ1) is 8.71. The monoisotopic (exact) mass is 290 g/mol. The number of carboxylic acids is 1. The van der Waals surface area contributed by atoms with Crippen LogP contribution in [0.5, 0.6) is 0 Å². The van der Waals surface area contributed by atoms with E-state index in [4.69, 9.17) is 9.63 Å². The molecule has 0 saturated carbocycles. The van der Waals surface area contributed by atoms with E-state index in [1.165, 1.54) is 6.92 Å². The van der Waals surface area contributed by atoms with Crippen molar-refractivity contribution in [2.45, 2.75) is 45.1 Å². The SMILES string of the molecule is CCN(C(C)CC(=O)O)S(=O)(=O)c1c(C)noc1C. The molecule has 19 heavy (non-hydrogen) atoms. The number of hydrogen-bond acceptors (Lipinski definition) is 5. The summed E-state index contributed by atoms with van der Waals surface area (Å²) >= 11 is 0. The van der Waals surface area contributed by atoms with Crippen LogP contribution in [0.15, 0.2) is 9.42 Å². The fourth-order valence-corrected chi connectivity index (χ4v) is 3.97. The van der Waals surface area contributed by atoms with Crippen molar-refractivity contribution < 1.29 is 22.8 Å². The molecule has 108 valence electrons. The van der Waals surface area contributed by atoms with Gasteiger partial charge in [0.25, 0.3) is 0 Å². The summed E-state index contributed by atoms with van der Waals surface area (Å²) < 4.78 is 31.1. The summed E-state index contributed by atoms with van der Waals surface area (Å²) in [5.74, 6) is -0.835. The Labute approximate surface area is 112 Å². The molecule has 7 nitrogen and oxygen atoms in total. The van der Waals surface area contributed by atoms with Gasteiger partial charge in [0.05, 0.1) is 6.42 Å². The highest BCUT2D eigenvalue weighted by molar-refractivity contribution is 7.89. The molecule has 8 heteroatoms. The van der Waals surface area contributed by atoms with E-state index >= 15 is 0 Å². The molecule has 0 spiro atoms. The van der Waals surface area contributed by atoms with Crippen molar-refractivity contribution in [1.82, 2.24) is 9.46 Å². The lowest BCUT2D eigenvalue weighted by Crippen LogP contribution is -2.40. The Morgan fingerprint density at radius 3 is 2.42 bits per heavy atom. The zero-order valence-corrected chi connectivity index (χ0v) is 12.2. The van der Waals surface area contributed by atoms with E-state index in [1.807, 2.05) is 0 Å². The molecule has 0 radical (unpaired) electrons. The minimum absolute atomic E-state index is 0.0200. The van der Waals surface area contributed by atoms with Gasteiger partial charge < -0.3 is 9.63 Å². The summed E-state index contributed by atoms with van der Waals surface area (Å²) in [6.07, 6.45) is -0.254. The van der Waals surface area contributed by atoms with Crippen LogP contribution in [0, 0.1) is 13.8 Å². The van der Waals surface area contributed by atoms with Gasteiger partial charge in [0.15, 0.2) is 5.76 Å². The fourth-order valence-electron chi connectivity index (χ4n) is 2.03. The summed E-state index contributed by atoms with van der Waals surface area (Å²) in [6.45, 7) is 6.46. The lowest BCUT2D eigenvalue weighted by molar-refractivity contribution is -0.137. The van der Waals surface area contributed by atoms with E-state index in [9.17, 15) is 13.2 Å². The van der Waals surface area contributed by atoms with Gasteiger partial charge in [-0.1, -0.05) is 12.1 Å². The Morgan fingerprint density at radius 2 is 2.05 bits per heavy atom. The number of aryl methyl sites for hydroxylation is 2. The predicted molar refractivity (Wildman–Crippen MR) is 67.3 cm³/mol. The maximum absolute atomic E-state index is 12.5. The van der Waals surface area contributed by atoms with Crippen LogP contribution in [0.3, 0.4) is 0 Å². The number of aromatic nitrogens is 1. The normalized spacial score (nSPS) is 13.7. The molecule has 1 aromatic rings. The van der Waals surface area contributed by atoms with E-state index in [2.05, 4.69) is 5.16 Å². The van der Waals surface area contributed by atoms with Gasteiger partial charge in [0.1, 0.15) is 10.6 Å². The Kier molecular flexibility index (Phi) is 4.70. The topological polar surface area (TPSA) is 101 Å². The number of sulfonamides is 1. The first kappa shape index (κ1) is 15.6. The van der Waals surface area contributed by atoms with Gasteiger partial charge in [-0.2, -0.15) is 4.31 Å². The van der Waals surface area contributed by atoms with Gasteiger partial charge in [0.2, 0.25) is 10.0 Å². The number of hydrogen-bond donors (Lipinski definition) is 1. The number of carbonyl (C=O) groups is 1. The number of aliphatic carboxylic acids is 1. The molecule has 1 atom stereocenters. The standard InChI is InChI=1S/C11H18N2O5S/c1-5-13(7(2)6-10(14)15)19(16,17)11-8(3)12-18-9(11)4/h7H,5-6H2,1-4H3,(H,14,15). The minimum atomic E-state index is -3.80. The van der Waals surface area contributed by atoms with Crippen LogP contribution >= 0.6 is 0 Å². The fraction of sp³-hybridized carbons (Fsp3) is 0.636. The van der Waals surface area contributed by atoms with Crippen molar-refractivity contribution in [3.05, 3.63) is 11.5 Å². The van der Waals surface area contributed by atoms with Crippen LogP contribution in [0.25, 0.3) is 0 Å². The molecule has 0 fully saturated rings. The second-order valence-corrected chi connectivity index (χ2v) is 6.14. The summed E-state index contributed by atoms with van der Waals surface area (Å²) in [7, 11) is -3.80. The lowest BCUT2D eigenvalue weighted by atomic mass is 10.2. The molecule has 0 aliphatic carbocycles. The molecular formula is C11H18N2O5S. The molecule has 1 rings (SSSR count). The molecule has 0 aliphatic rings. The molecule has 0 aromatic carbocycles. The Hall–Kier alpha value is -1.41. The predicted octanol–water partition coefficient (Wildman–Crippen LogP) is 1.17. The average molecular weight is 290 g/mol. The highest BCUT2D eigenvalue weighted by Gasteiger charge is 2.33. The van der Waals surface area contributed by atoms with Crippen LogP contribution < -0.4 is 0 Å². The lowest BCUT2D eigenvalue weighted by Gasteiger charge is -2.25. The molecule has 0 aliphatic heterocycles. The van der Waals surface area contributed by atoms with Crippen molar-refractivity contribution in [3.63, 3.8) is 0 Å². The third-order valence-corrected chi connectivity index (χ3v) is 5.14. The Balaban J connectivity index is 3.20. The van der Waals surface area contributed by atoms with Crippen molar-refractivity contribution in [2.24, 2.45) is 0 Å². The number of rotatable bonds is 6. The van der Waals surface area contributed by atoms with Gasteiger partial charge in [-0.05, 0) is 20.8 Å². The number of carboxylic acid groups (broad SMARTS) is 1. The largest absolute Gasteiger partial charge is 0.481 e. The van der Waals surface area contributed by atoms with Crippen LogP contribution in [0.1, 0.15) is 31.7 Å². The second kappa shape index (κ2) is 5.70. The van der Waals surface area contributed by atoms with Crippen molar-refractivity contribution in [3.8, 4) is 0 Å². The van der Waals surface area contributed by atoms with Gasteiger partial charge in [-0.15, -0.1) is 0 Å². The highest BCUT2D eigenvalue weighted by Crippen LogP contribution is 2.25. The van der Waals surface area contributed by atoms with Gasteiger partial charge >= 0.3 is 5.97 Å². The van der Waals surface area contributed by atoms with E-state index in [0.29, 0.717) is 0 Å². The zero-order valence-electron chi connectivity index (χ0n) is 11.4. The Morgan fingerprint density at radius 1 is 1.47 bits per heavy atom. The van der Waals surface area contributed by atoms with Crippen LogP contribution in [0.4, 0.5) is 0 Å². The summed E-state index contributed by atoms with van der Waals surface area (Å²) in [4.78, 5) is 10.7. The first-order valence-electron chi connectivity index (χ1n) is 5.88. The third kappa shape index (κ3) is 3.13. The molecule has 1 aromatic heterocycles. The average Bonchev–Trinajstić information content (AvgIpc) is 2.58. The maximum Gasteiger partial charge on any atom is 0.304 e. The van der Waals surface area contributed by atoms with Crippen LogP contribution in [0.2, 0.25) is 0 Å². The summed E-state index contributed by atoms with van der Waals surface area (Å²) in [5.41, 5.74) is 0.276. The van der Waals surface area contributed by atoms with Crippen molar-refractivity contribution >= 4 is 16.0 Å².